The molecule has 1 aromatic heterocycles. The summed E-state index contributed by atoms with van der Waals surface area (Å²) >= 11 is 1.29. The van der Waals surface area contributed by atoms with E-state index in [1.54, 1.807) is 0 Å². The number of hydrogen-bond acceptors (Lipinski definition) is 4. The van der Waals surface area contributed by atoms with E-state index in [4.69, 9.17) is 10.2 Å². The van der Waals surface area contributed by atoms with E-state index in [1.807, 2.05) is 11.4 Å². The van der Waals surface area contributed by atoms with Crippen LogP contribution < -0.4 is 0 Å². The molecule has 2 heterocycles. The molecule has 1 aliphatic rings. The van der Waals surface area contributed by atoms with Crippen molar-refractivity contribution < 1.29 is 15.0 Å². The molecule has 1 saturated heterocycles. The van der Waals surface area contributed by atoms with E-state index < -0.39 is 5.97 Å². The second kappa shape index (κ2) is 5.62. The summed E-state index contributed by atoms with van der Waals surface area (Å²) in [5.41, 5.74) is 0.909. The average Bonchev–Trinajstić information content (AvgIpc) is 2.89. The van der Waals surface area contributed by atoms with Crippen LogP contribution in [-0.4, -0.2) is 40.8 Å². The Labute approximate surface area is 104 Å². The fraction of sp³-hybridized carbons (Fsp3) is 0.583. The molecule has 0 amide bonds. The Balaban J connectivity index is 1.93. The molecule has 1 atom stereocenters. The fourth-order valence-electron chi connectivity index (χ4n) is 2.36. The van der Waals surface area contributed by atoms with Gasteiger partial charge in [0.25, 0.3) is 0 Å². The van der Waals surface area contributed by atoms with Gasteiger partial charge in [0.2, 0.25) is 0 Å². The number of hydrogen-bond donors (Lipinski definition) is 2. The standard InChI is InChI=1S/C12H17NO3S/c14-5-2-9-1-4-13(7-9)8-10-3-6-17-11(10)12(15)16/h3,6,9,14H,1-2,4-5,7-8H2,(H,15,16). The van der Waals surface area contributed by atoms with E-state index in [-0.39, 0.29) is 6.61 Å². The Hall–Kier alpha value is -0.910. The molecule has 1 aromatic rings. The molecule has 0 radical (unpaired) electrons. The molecule has 4 nitrogen and oxygen atoms in total. The number of aliphatic hydroxyl groups is 1. The van der Waals surface area contributed by atoms with Crippen molar-refractivity contribution in [3.05, 3.63) is 21.9 Å². The van der Waals surface area contributed by atoms with Crippen LogP contribution in [0.1, 0.15) is 28.1 Å². The molecule has 94 valence electrons. The molecule has 2 N–H and O–H groups in total. The van der Waals surface area contributed by atoms with Crippen LogP contribution >= 0.6 is 11.3 Å². The summed E-state index contributed by atoms with van der Waals surface area (Å²) in [6.07, 6.45) is 1.96. The highest BCUT2D eigenvalue weighted by molar-refractivity contribution is 7.12. The molecule has 1 aliphatic heterocycles. The quantitative estimate of drug-likeness (QED) is 0.840. The largest absolute Gasteiger partial charge is 0.477 e. The monoisotopic (exact) mass is 255 g/mol. The van der Waals surface area contributed by atoms with Crippen LogP contribution in [0, 0.1) is 5.92 Å². The van der Waals surface area contributed by atoms with Crippen LogP contribution in [0.4, 0.5) is 0 Å². The SMILES string of the molecule is O=C(O)c1sccc1CN1CCC(CCO)C1. The third-order valence-electron chi connectivity index (χ3n) is 3.24. The Bertz CT molecular complexity index is 391. The fourth-order valence-corrected chi connectivity index (χ4v) is 3.12. The lowest BCUT2D eigenvalue weighted by molar-refractivity contribution is 0.0700. The molecular weight excluding hydrogens is 238 g/mol. The number of carboxylic acid groups (broad SMARTS) is 1. The summed E-state index contributed by atoms with van der Waals surface area (Å²) in [6, 6.07) is 1.90. The Morgan fingerprint density at radius 3 is 3.12 bits per heavy atom. The van der Waals surface area contributed by atoms with Crippen molar-refractivity contribution >= 4 is 17.3 Å². The van der Waals surface area contributed by atoms with Crippen molar-refractivity contribution in [1.82, 2.24) is 4.90 Å². The molecule has 0 bridgehead atoms. The Kier molecular flexibility index (Phi) is 4.15. The molecule has 17 heavy (non-hydrogen) atoms. The lowest BCUT2D eigenvalue weighted by atomic mass is 10.1. The number of carboxylic acids is 1. The number of nitrogens with zero attached hydrogens (tertiary/aromatic N) is 1. The molecule has 0 spiro atoms. The zero-order valence-corrected chi connectivity index (χ0v) is 10.4. The third kappa shape index (κ3) is 3.06. The first kappa shape index (κ1) is 12.5. The van der Waals surface area contributed by atoms with Gasteiger partial charge in [-0.25, -0.2) is 4.79 Å². The summed E-state index contributed by atoms with van der Waals surface area (Å²) in [5, 5.41) is 19.7. The van der Waals surface area contributed by atoms with Crippen molar-refractivity contribution in [1.29, 1.82) is 0 Å². The highest BCUT2D eigenvalue weighted by Gasteiger charge is 2.23. The maximum Gasteiger partial charge on any atom is 0.346 e. The highest BCUT2D eigenvalue weighted by Crippen LogP contribution is 2.24. The van der Waals surface area contributed by atoms with Gasteiger partial charge in [0, 0.05) is 19.7 Å². The van der Waals surface area contributed by atoms with Gasteiger partial charge in [0.15, 0.2) is 0 Å². The molecule has 2 rings (SSSR count). The molecule has 1 unspecified atom stereocenters. The Morgan fingerprint density at radius 2 is 2.41 bits per heavy atom. The molecule has 0 saturated carbocycles. The highest BCUT2D eigenvalue weighted by atomic mass is 32.1. The van der Waals surface area contributed by atoms with E-state index in [1.165, 1.54) is 11.3 Å². The van der Waals surface area contributed by atoms with Gasteiger partial charge in [-0.1, -0.05) is 0 Å². The minimum Gasteiger partial charge on any atom is -0.477 e. The topological polar surface area (TPSA) is 60.8 Å². The second-order valence-corrected chi connectivity index (χ2v) is 5.40. The number of thiophene rings is 1. The first-order chi connectivity index (χ1) is 8.20. The van der Waals surface area contributed by atoms with Gasteiger partial charge in [-0.2, -0.15) is 0 Å². The summed E-state index contributed by atoms with van der Waals surface area (Å²) in [5.74, 6) is -0.270. The second-order valence-electron chi connectivity index (χ2n) is 4.48. The third-order valence-corrected chi connectivity index (χ3v) is 4.19. The van der Waals surface area contributed by atoms with Crippen LogP contribution in [0.3, 0.4) is 0 Å². The van der Waals surface area contributed by atoms with Crippen LogP contribution in [0.25, 0.3) is 0 Å². The maximum absolute atomic E-state index is 11.0. The van der Waals surface area contributed by atoms with Crippen molar-refractivity contribution in [2.24, 2.45) is 5.92 Å². The normalized spacial score (nSPS) is 20.9. The Morgan fingerprint density at radius 1 is 1.59 bits per heavy atom. The summed E-state index contributed by atoms with van der Waals surface area (Å²) in [4.78, 5) is 13.7. The lowest BCUT2D eigenvalue weighted by Crippen LogP contribution is -2.21. The zero-order valence-electron chi connectivity index (χ0n) is 9.63. The van der Waals surface area contributed by atoms with E-state index in [9.17, 15) is 4.79 Å². The summed E-state index contributed by atoms with van der Waals surface area (Å²) in [6.45, 7) is 2.93. The minimum atomic E-state index is -0.832. The van der Waals surface area contributed by atoms with Crippen molar-refractivity contribution in [2.75, 3.05) is 19.7 Å². The number of carbonyl (C=O) groups is 1. The summed E-state index contributed by atoms with van der Waals surface area (Å²) in [7, 11) is 0. The van der Waals surface area contributed by atoms with Crippen molar-refractivity contribution in [3.8, 4) is 0 Å². The average molecular weight is 255 g/mol. The van der Waals surface area contributed by atoms with E-state index in [0.29, 0.717) is 17.3 Å². The number of aromatic carboxylic acids is 1. The smallest absolute Gasteiger partial charge is 0.346 e. The summed E-state index contributed by atoms with van der Waals surface area (Å²) < 4.78 is 0. The van der Waals surface area contributed by atoms with Crippen LogP contribution in [0.2, 0.25) is 0 Å². The molecule has 5 heteroatoms. The van der Waals surface area contributed by atoms with Gasteiger partial charge >= 0.3 is 5.97 Å². The van der Waals surface area contributed by atoms with E-state index in [0.717, 1.165) is 31.5 Å². The van der Waals surface area contributed by atoms with Crippen LogP contribution in [0.15, 0.2) is 11.4 Å². The minimum absolute atomic E-state index is 0.247. The molecule has 1 fully saturated rings. The lowest BCUT2D eigenvalue weighted by Gasteiger charge is -2.15. The van der Waals surface area contributed by atoms with Gasteiger partial charge in [0.05, 0.1) is 0 Å². The maximum atomic E-state index is 11.0. The predicted molar refractivity (Wildman–Crippen MR) is 66.4 cm³/mol. The zero-order chi connectivity index (χ0) is 12.3. The van der Waals surface area contributed by atoms with Crippen molar-refractivity contribution in [3.63, 3.8) is 0 Å². The molecular formula is C12H17NO3S. The predicted octanol–water partition coefficient (Wildman–Crippen LogP) is 1.65. The van der Waals surface area contributed by atoms with Crippen LogP contribution in [-0.2, 0) is 6.54 Å². The van der Waals surface area contributed by atoms with Gasteiger partial charge < -0.3 is 10.2 Å². The van der Waals surface area contributed by atoms with E-state index in [2.05, 4.69) is 4.90 Å². The molecule has 0 aliphatic carbocycles. The van der Waals surface area contributed by atoms with Gasteiger partial charge in [-0.3, -0.25) is 4.90 Å². The number of aliphatic hydroxyl groups excluding tert-OH is 1. The number of likely N-dealkylation sites (tertiary alicyclic amines) is 1. The van der Waals surface area contributed by atoms with E-state index >= 15 is 0 Å². The first-order valence-corrected chi connectivity index (χ1v) is 6.71. The van der Waals surface area contributed by atoms with Gasteiger partial charge in [-0.05, 0) is 42.3 Å². The van der Waals surface area contributed by atoms with Gasteiger partial charge in [-0.15, -0.1) is 11.3 Å². The van der Waals surface area contributed by atoms with Gasteiger partial charge in [0.1, 0.15) is 4.88 Å². The first-order valence-electron chi connectivity index (χ1n) is 5.83. The number of rotatable bonds is 5. The van der Waals surface area contributed by atoms with Crippen molar-refractivity contribution in [2.45, 2.75) is 19.4 Å². The van der Waals surface area contributed by atoms with Crippen LogP contribution in [0.5, 0.6) is 0 Å². The molecule has 0 aromatic carbocycles.